The second-order valence-electron chi connectivity index (χ2n) is 4.77. The normalized spacial score (nSPS) is 20.1. The van der Waals surface area contributed by atoms with Gasteiger partial charge in [0.05, 0.1) is 11.2 Å². The second kappa shape index (κ2) is 4.62. The van der Waals surface area contributed by atoms with E-state index in [1.165, 1.54) is 37.9 Å². The van der Waals surface area contributed by atoms with Crippen molar-refractivity contribution in [2.24, 2.45) is 5.41 Å². The Labute approximate surface area is 96.1 Å². The van der Waals surface area contributed by atoms with Crippen LogP contribution in [0, 0.1) is 5.41 Å². The predicted octanol–water partition coefficient (Wildman–Crippen LogP) is 3.37. The van der Waals surface area contributed by atoms with Crippen LogP contribution in [0.1, 0.15) is 51.3 Å². The summed E-state index contributed by atoms with van der Waals surface area (Å²) in [6.07, 6.45) is 5.52. The minimum atomic E-state index is 0.408. The highest BCUT2D eigenvalue weighted by molar-refractivity contribution is 7.07. The molecule has 1 aliphatic carbocycles. The number of hydrogen-bond donors (Lipinski definition) is 1. The average Bonchev–Trinajstić information content (AvgIpc) is 2.81. The number of nitrogens with one attached hydrogen (secondary N) is 1. The van der Waals surface area contributed by atoms with E-state index in [1.807, 2.05) is 5.51 Å². The van der Waals surface area contributed by atoms with Gasteiger partial charge in [-0.25, -0.2) is 4.98 Å². The van der Waals surface area contributed by atoms with Crippen LogP contribution in [0.15, 0.2) is 10.9 Å². The van der Waals surface area contributed by atoms with Gasteiger partial charge in [-0.3, -0.25) is 0 Å². The lowest BCUT2D eigenvalue weighted by Gasteiger charge is -2.18. The van der Waals surface area contributed by atoms with E-state index in [4.69, 9.17) is 0 Å². The molecule has 0 aliphatic heterocycles. The van der Waals surface area contributed by atoms with Crippen molar-refractivity contribution in [3.05, 3.63) is 16.6 Å². The highest BCUT2D eigenvalue weighted by Gasteiger charge is 2.41. The van der Waals surface area contributed by atoms with Crippen LogP contribution >= 0.6 is 11.3 Å². The molecule has 1 unspecified atom stereocenters. The Kier molecular flexibility index (Phi) is 3.42. The van der Waals surface area contributed by atoms with Crippen molar-refractivity contribution in [2.45, 2.75) is 45.6 Å². The maximum absolute atomic E-state index is 4.34. The molecule has 2 nitrogen and oxygen atoms in total. The van der Waals surface area contributed by atoms with Crippen LogP contribution in [-0.4, -0.2) is 11.5 Å². The summed E-state index contributed by atoms with van der Waals surface area (Å²) < 4.78 is 0. The molecule has 0 radical (unpaired) electrons. The first kappa shape index (κ1) is 11.1. The maximum atomic E-state index is 4.34. The van der Waals surface area contributed by atoms with Crippen molar-refractivity contribution >= 4 is 11.3 Å². The molecular formula is C12H20N2S. The van der Waals surface area contributed by atoms with E-state index in [1.54, 1.807) is 11.3 Å². The number of hydrogen-bond acceptors (Lipinski definition) is 3. The van der Waals surface area contributed by atoms with E-state index in [9.17, 15) is 0 Å². The number of aromatic nitrogens is 1. The predicted molar refractivity (Wildman–Crippen MR) is 65.1 cm³/mol. The standard InChI is InChI=1S/C12H20N2S/c1-3-4-12(5-6-12)8-13-10(2)11-7-15-9-14-11/h7,9-10,13H,3-6,8H2,1-2H3. The van der Waals surface area contributed by atoms with Crippen LogP contribution in [0.2, 0.25) is 0 Å². The monoisotopic (exact) mass is 224 g/mol. The summed E-state index contributed by atoms with van der Waals surface area (Å²) in [5.41, 5.74) is 3.73. The first-order valence-corrected chi connectivity index (χ1v) is 6.81. The third-order valence-corrected chi connectivity index (χ3v) is 4.02. The Hall–Kier alpha value is -0.410. The molecular weight excluding hydrogens is 204 g/mol. The molecule has 0 aromatic carbocycles. The zero-order valence-electron chi connectivity index (χ0n) is 9.62. The first-order chi connectivity index (χ1) is 7.26. The Bertz CT molecular complexity index is 291. The average molecular weight is 224 g/mol. The SMILES string of the molecule is CCCC1(CNC(C)c2cscn2)CC1. The van der Waals surface area contributed by atoms with Crippen LogP contribution in [-0.2, 0) is 0 Å². The van der Waals surface area contributed by atoms with Crippen LogP contribution in [0.4, 0.5) is 0 Å². The minimum absolute atomic E-state index is 0.408. The third-order valence-electron chi connectivity index (χ3n) is 3.42. The van der Waals surface area contributed by atoms with Gasteiger partial charge in [0.2, 0.25) is 0 Å². The molecule has 3 heteroatoms. The summed E-state index contributed by atoms with van der Waals surface area (Å²) in [6.45, 7) is 5.65. The minimum Gasteiger partial charge on any atom is -0.308 e. The van der Waals surface area contributed by atoms with Crippen LogP contribution in [0.25, 0.3) is 0 Å². The van der Waals surface area contributed by atoms with Gasteiger partial charge in [-0.2, -0.15) is 0 Å². The Morgan fingerprint density at radius 3 is 2.93 bits per heavy atom. The van der Waals surface area contributed by atoms with Gasteiger partial charge < -0.3 is 5.32 Å². The van der Waals surface area contributed by atoms with Gasteiger partial charge in [0.15, 0.2) is 0 Å². The molecule has 1 fully saturated rings. The lowest BCUT2D eigenvalue weighted by Crippen LogP contribution is -2.26. The van der Waals surface area contributed by atoms with E-state index in [0.717, 1.165) is 0 Å². The van der Waals surface area contributed by atoms with Gasteiger partial charge in [0.25, 0.3) is 0 Å². The van der Waals surface area contributed by atoms with Crippen molar-refractivity contribution in [2.75, 3.05) is 6.54 Å². The highest BCUT2D eigenvalue weighted by Crippen LogP contribution is 2.49. The van der Waals surface area contributed by atoms with Crippen molar-refractivity contribution in [1.82, 2.24) is 10.3 Å². The zero-order chi connectivity index (χ0) is 10.7. The Morgan fingerprint density at radius 2 is 2.40 bits per heavy atom. The molecule has 0 amide bonds. The molecule has 0 bridgehead atoms. The van der Waals surface area contributed by atoms with Gasteiger partial charge in [-0.05, 0) is 31.6 Å². The molecule has 1 heterocycles. The lowest BCUT2D eigenvalue weighted by atomic mass is 10.0. The van der Waals surface area contributed by atoms with E-state index in [2.05, 4.69) is 29.5 Å². The zero-order valence-corrected chi connectivity index (χ0v) is 10.4. The third kappa shape index (κ3) is 2.79. The van der Waals surface area contributed by atoms with E-state index >= 15 is 0 Å². The van der Waals surface area contributed by atoms with Crippen molar-refractivity contribution < 1.29 is 0 Å². The van der Waals surface area contributed by atoms with E-state index in [0.29, 0.717) is 11.5 Å². The molecule has 1 atom stereocenters. The number of thiazole rings is 1. The fraction of sp³-hybridized carbons (Fsp3) is 0.750. The molecule has 1 aliphatic rings. The molecule has 1 saturated carbocycles. The fourth-order valence-corrected chi connectivity index (χ4v) is 2.78. The van der Waals surface area contributed by atoms with Crippen LogP contribution in [0.5, 0.6) is 0 Å². The molecule has 84 valence electrons. The summed E-state index contributed by atoms with van der Waals surface area (Å²) in [4.78, 5) is 4.34. The molecule has 2 rings (SSSR count). The summed E-state index contributed by atoms with van der Waals surface area (Å²) >= 11 is 1.68. The second-order valence-corrected chi connectivity index (χ2v) is 5.48. The van der Waals surface area contributed by atoms with Crippen molar-refractivity contribution in [3.63, 3.8) is 0 Å². The number of rotatable bonds is 6. The quantitative estimate of drug-likeness (QED) is 0.801. The van der Waals surface area contributed by atoms with Gasteiger partial charge in [-0.15, -0.1) is 11.3 Å². The van der Waals surface area contributed by atoms with Gasteiger partial charge in [0.1, 0.15) is 0 Å². The molecule has 0 spiro atoms. The van der Waals surface area contributed by atoms with Crippen molar-refractivity contribution in [1.29, 1.82) is 0 Å². The topological polar surface area (TPSA) is 24.9 Å². The number of nitrogens with zero attached hydrogens (tertiary/aromatic N) is 1. The molecule has 15 heavy (non-hydrogen) atoms. The molecule has 0 saturated heterocycles. The van der Waals surface area contributed by atoms with Gasteiger partial charge in [-0.1, -0.05) is 13.3 Å². The van der Waals surface area contributed by atoms with Crippen molar-refractivity contribution in [3.8, 4) is 0 Å². The Morgan fingerprint density at radius 1 is 1.60 bits per heavy atom. The van der Waals surface area contributed by atoms with Gasteiger partial charge in [0, 0.05) is 18.0 Å². The maximum Gasteiger partial charge on any atom is 0.0795 e. The van der Waals surface area contributed by atoms with Gasteiger partial charge >= 0.3 is 0 Å². The summed E-state index contributed by atoms with van der Waals surface area (Å²) in [5.74, 6) is 0. The Balaban J connectivity index is 1.78. The highest BCUT2D eigenvalue weighted by atomic mass is 32.1. The van der Waals surface area contributed by atoms with Crippen LogP contribution < -0.4 is 5.32 Å². The lowest BCUT2D eigenvalue weighted by molar-refractivity contribution is 0.395. The smallest absolute Gasteiger partial charge is 0.0795 e. The first-order valence-electron chi connectivity index (χ1n) is 5.87. The fourth-order valence-electron chi connectivity index (χ4n) is 2.13. The largest absolute Gasteiger partial charge is 0.308 e. The summed E-state index contributed by atoms with van der Waals surface area (Å²) in [6, 6.07) is 0.408. The molecule has 1 aromatic rings. The van der Waals surface area contributed by atoms with E-state index < -0.39 is 0 Å². The molecule has 1 aromatic heterocycles. The summed E-state index contributed by atoms with van der Waals surface area (Å²) in [5, 5.41) is 5.75. The molecule has 1 N–H and O–H groups in total. The van der Waals surface area contributed by atoms with E-state index in [-0.39, 0.29) is 0 Å². The van der Waals surface area contributed by atoms with Crippen LogP contribution in [0.3, 0.4) is 0 Å². The summed E-state index contributed by atoms with van der Waals surface area (Å²) in [7, 11) is 0.